The highest BCUT2D eigenvalue weighted by Crippen LogP contribution is 2.55. The van der Waals surface area contributed by atoms with Gasteiger partial charge in [-0.05, 0) is 65.6 Å². The van der Waals surface area contributed by atoms with E-state index in [0.717, 1.165) is 5.56 Å². The summed E-state index contributed by atoms with van der Waals surface area (Å²) in [5.41, 5.74) is 0.613. The monoisotopic (exact) mass is 538 g/mol. The average molecular weight is 539 g/mol. The van der Waals surface area contributed by atoms with Crippen molar-refractivity contribution < 1.29 is 22.7 Å². The molecule has 0 aromatic heterocycles. The molecule has 0 aliphatic carbocycles. The molecule has 0 spiro atoms. The standard InChI is InChI=1S/C30H38N2O5S/c1-9-37-27(33)15-11-21-10-12-22-16-17-32(25(22)18-21)38(34,35)23-13-14-26(36-8)24(19-23)30(20-31,28(2,3)4)29(5,6)7/h10-15,18-19H,9,16-17H2,1-8H3/b15-11+. The molecule has 1 aliphatic heterocycles. The lowest BCUT2D eigenvalue weighted by atomic mass is 9.52. The quantitative estimate of drug-likeness (QED) is 0.323. The second-order valence-corrected chi connectivity index (χ2v) is 13.4. The van der Waals surface area contributed by atoms with Crippen molar-refractivity contribution in [2.75, 3.05) is 24.6 Å². The number of hydrogen-bond acceptors (Lipinski definition) is 6. The molecule has 0 saturated carbocycles. The van der Waals surface area contributed by atoms with Gasteiger partial charge < -0.3 is 9.47 Å². The Morgan fingerprint density at radius 1 is 1.08 bits per heavy atom. The number of anilines is 1. The van der Waals surface area contributed by atoms with Crippen LogP contribution >= 0.6 is 0 Å². The van der Waals surface area contributed by atoms with Gasteiger partial charge >= 0.3 is 5.97 Å². The number of rotatable bonds is 7. The number of nitrogens with zero attached hydrogens (tertiary/aromatic N) is 2. The predicted molar refractivity (Wildman–Crippen MR) is 150 cm³/mol. The summed E-state index contributed by atoms with van der Waals surface area (Å²) < 4.78 is 40.1. The number of hydrogen-bond donors (Lipinski definition) is 0. The SMILES string of the molecule is CCOC(=O)/C=C/c1ccc2c(c1)N(S(=O)(=O)c1ccc(OC)c(C(C#N)(C(C)(C)C)C(C)(C)C)c1)CC2. The van der Waals surface area contributed by atoms with Crippen molar-refractivity contribution in [3.63, 3.8) is 0 Å². The van der Waals surface area contributed by atoms with Gasteiger partial charge in [0.15, 0.2) is 0 Å². The van der Waals surface area contributed by atoms with Gasteiger partial charge in [0.2, 0.25) is 0 Å². The Morgan fingerprint density at radius 2 is 1.74 bits per heavy atom. The smallest absolute Gasteiger partial charge is 0.330 e. The highest BCUT2D eigenvalue weighted by Gasteiger charge is 2.54. The molecule has 2 aromatic carbocycles. The van der Waals surface area contributed by atoms with E-state index in [2.05, 4.69) is 6.07 Å². The van der Waals surface area contributed by atoms with Gasteiger partial charge in [-0.1, -0.05) is 53.7 Å². The minimum atomic E-state index is -3.96. The van der Waals surface area contributed by atoms with Crippen LogP contribution in [0.3, 0.4) is 0 Å². The van der Waals surface area contributed by atoms with Gasteiger partial charge in [-0.3, -0.25) is 4.31 Å². The summed E-state index contributed by atoms with van der Waals surface area (Å²) in [4.78, 5) is 11.8. The van der Waals surface area contributed by atoms with E-state index in [9.17, 15) is 18.5 Å². The molecule has 1 heterocycles. The van der Waals surface area contributed by atoms with E-state index in [4.69, 9.17) is 9.47 Å². The van der Waals surface area contributed by atoms with E-state index in [0.29, 0.717) is 35.5 Å². The molecule has 7 nitrogen and oxygen atoms in total. The lowest BCUT2D eigenvalue weighted by molar-refractivity contribution is -0.137. The Bertz CT molecular complexity index is 1380. The first kappa shape index (κ1) is 29.2. The Morgan fingerprint density at radius 3 is 2.29 bits per heavy atom. The first-order chi connectivity index (χ1) is 17.6. The summed E-state index contributed by atoms with van der Waals surface area (Å²) >= 11 is 0. The van der Waals surface area contributed by atoms with Crippen LogP contribution in [0.5, 0.6) is 5.75 Å². The molecule has 0 radical (unpaired) electrons. The van der Waals surface area contributed by atoms with Gasteiger partial charge in [-0.2, -0.15) is 5.26 Å². The molecule has 0 saturated heterocycles. The van der Waals surface area contributed by atoms with Crippen LogP contribution in [0.1, 0.15) is 65.2 Å². The van der Waals surface area contributed by atoms with Crippen LogP contribution < -0.4 is 9.04 Å². The summed E-state index contributed by atoms with van der Waals surface area (Å²) in [5, 5.41) is 10.6. The van der Waals surface area contributed by atoms with Crippen molar-refractivity contribution in [1.82, 2.24) is 0 Å². The molecule has 3 rings (SSSR count). The van der Waals surface area contributed by atoms with Crippen LogP contribution in [-0.4, -0.2) is 34.6 Å². The van der Waals surface area contributed by atoms with Crippen LogP contribution in [0.2, 0.25) is 0 Å². The minimum Gasteiger partial charge on any atom is -0.496 e. The van der Waals surface area contributed by atoms with Gasteiger partial charge in [0, 0.05) is 18.2 Å². The zero-order chi connectivity index (χ0) is 28.5. The molecular formula is C30H38N2O5S. The van der Waals surface area contributed by atoms with Gasteiger partial charge in [-0.15, -0.1) is 0 Å². The molecule has 0 amide bonds. The van der Waals surface area contributed by atoms with Gasteiger partial charge in [0.25, 0.3) is 10.0 Å². The van der Waals surface area contributed by atoms with Crippen molar-refractivity contribution in [2.45, 2.75) is 65.2 Å². The molecule has 0 bridgehead atoms. The van der Waals surface area contributed by atoms with E-state index >= 15 is 0 Å². The lowest BCUT2D eigenvalue weighted by Gasteiger charge is -2.49. The second-order valence-electron chi connectivity index (χ2n) is 11.5. The number of ether oxygens (including phenoxy) is 2. The fraction of sp³-hybridized carbons (Fsp3) is 0.467. The number of carbonyl (C=O) groups is 1. The number of nitriles is 1. The minimum absolute atomic E-state index is 0.0988. The Balaban J connectivity index is 2.15. The van der Waals surface area contributed by atoms with E-state index in [-0.39, 0.29) is 11.5 Å². The van der Waals surface area contributed by atoms with Crippen molar-refractivity contribution in [1.29, 1.82) is 5.26 Å². The summed E-state index contributed by atoms with van der Waals surface area (Å²) in [6.45, 7) is 14.3. The lowest BCUT2D eigenvalue weighted by Crippen LogP contribution is -2.49. The maximum atomic E-state index is 14.0. The first-order valence-electron chi connectivity index (χ1n) is 12.7. The zero-order valence-corrected chi connectivity index (χ0v) is 24.4. The summed E-state index contributed by atoms with van der Waals surface area (Å²) in [7, 11) is -2.43. The fourth-order valence-electron chi connectivity index (χ4n) is 5.67. The summed E-state index contributed by atoms with van der Waals surface area (Å²) in [6.07, 6.45) is 3.52. The van der Waals surface area contributed by atoms with E-state index in [1.807, 2.05) is 53.7 Å². The topological polar surface area (TPSA) is 96.7 Å². The van der Waals surface area contributed by atoms with Gasteiger partial charge in [-0.25, -0.2) is 13.2 Å². The summed E-state index contributed by atoms with van der Waals surface area (Å²) in [5.74, 6) is 0.0190. The summed E-state index contributed by atoms with van der Waals surface area (Å²) in [6, 6.07) is 12.8. The highest BCUT2D eigenvalue weighted by atomic mass is 32.2. The molecule has 8 heteroatoms. The molecule has 1 aliphatic rings. The number of benzene rings is 2. The Labute approximate surface area is 227 Å². The molecule has 0 N–H and O–H groups in total. The number of esters is 1. The average Bonchev–Trinajstić information content (AvgIpc) is 3.26. The molecular weight excluding hydrogens is 500 g/mol. The van der Waals surface area contributed by atoms with Crippen LogP contribution in [0.15, 0.2) is 47.4 Å². The van der Waals surface area contributed by atoms with Crippen molar-refractivity contribution >= 4 is 27.8 Å². The third kappa shape index (κ3) is 5.04. The number of fused-ring (bicyclic) bond motifs is 1. The molecule has 0 fully saturated rings. The number of sulfonamides is 1. The van der Waals surface area contributed by atoms with E-state index in [1.165, 1.54) is 23.6 Å². The van der Waals surface area contributed by atoms with Crippen LogP contribution in [0.4, 0.5) is 5.69 Å². The zero-order valence-electron chi connectivity index (χ0n) is 23.6. The number of carbonyl (C=O) groups excluding carboxylic acids is 1. The van der Waals surface area contributed by atoms with Gasteiger partial charge in [0.1, 0.15) is 5.75 Å². The molecule has 0 atom stereocenters. The molecule has 0 unspecified atom stereocenters. The van der Waals surface area contributed by atoms with Crippen molar-refractivity contribution in [3.8, 4) is 11.8 Å². The normalized spacial score (nSPS) is 14.3. The van der Waals surface area contributed by atoms with Crippen LogP contribution in [0.25, 0.3) is 6.08 Å². The third-order valence-electron chi connectivity index (χ3n) is 7.24. The molecule has 38 heavy (non-hydrogen) atoms. The maximum Gasteiger partial charge on any atom is 0.330 e. The van der Waals surface area contributed by atoms with Crippen molar-refractivity contribution in [3.05, 3.63) is 59.2 Å². The van der Waals surface area contributed by atoms with E-state index < -0.39 is 32.2 Å². The maximum absolute atomic E-state index is 14.0. The number of methoxy groups -OCH3 is 1. The highest BCUT2D eigenvalue weighted by molar-refractivity contribution is 7.92. The van der Waals surface area contributed by atoms with Gasteiger partial charge in [0.05, 0.1) is 35.8 Å². The molecule has 2 aromatic rings. The largest absolute Gasteiger partial charge is 0.496 e. The van der Waals surface area contributed by atoms with Crippen molar-refractivity contribution in [2.24, 2.45) is 10.8 Å². The van der Waals surface area contributed by atoms with Crippen LogP contribution in [-0.2, 0) is 31.4 Å². The van der Waals surface area contributed by atoms with E-state index in [1.54, 1.807) is 31.2 Å². The molecule has 204 valence electrons. The van der Waals surface area contributed by atoms with Crippen LogP contribution in [0, 0.1) is 22.2 Å². The predicted octanol–water partition coefficient (Wildman–Crippen LogP) is 5.88. The Kier molecular flexibility index (Phi) is 8.05. The second kappa shape index (κ2) is 10.5. The fourth-order valence-corrected chi connectivity index (χ4v) is 7.19. The Hall–Kier alpha value is -3.31. The first-order valence-corrected chi connectivity index (χ1v) is 14.2. The third-order valence-corrected chi connectivity index (χ3v) is 9.05.